The third-order valence-corrected chi connectivity index (χ3v) is 3.03. The summed E-state index contributed by atoms with van der Waals surface area (Å²) in [7, 11) is 3.96. The molecule has 0 radical (unpaired) electrons. The maximum atomic E-state index is 11.8. The van der Waals surface area contributed by atoms with Crippen LogP contribution in [-0.2, 0) is 0 Å². The number of amides is 2. The van der Waals surface area contributed by atoms with Gasteiger partial charge in [-0.15, -0.1) is 0 Å². The van der Waals surface area contributed by atoms with Gasteiger partial charge in [-0.25, -0.2) is 4.79 Å². The highest BCUT2D eigenvalue weighted by Crippen LogP contribution is 2.08. The van der Waals surface area contributed by atoms with Crippen LogP contribution in [0.15, 0.2) is 0 Å². The van der Waals surface area contributed by atoms with Gasteiger partial charge in [-0.1, -0.05) is 0 Å². The number of nitrogens with zero attached hydrogens (tertiary/aromatic N) is 3. The van der Waals surface area contributed by atoms with E-state index in [1.54, 1.807) is 4.90 Å². The van der Waals surface area contributed by atoms with Gasteiger partial charge in [0.05, 0.1) is 0 Å². The largest absolute Gasteiger partial charge is 0.328 e. The summed E-state index contributed by atoms with van der Waals surface area (Å²) < 4.78 is 0. The minimum atomic E-state index is 0.160. The van der Waals surface area contributed by atoms with Gasteiger partial charge in [0.15, 0.2) is 0 Å². The number of urea groups is 1. The number of piperazine rings is 1. The Kier molecular flexibility index (Phi) is 3.75. The van der Waals surface area contributed by atoms with Gasteiger partial charge in [-0.05, 0) is 20.9 Å². The lowest BCUT2D eigenvalue weighted by molar-refractivity contribution is 0.102. The molecule has 0 aliphatic carbocycles. The van der Waals surface area contributed by atoms with Gasteiger partial charge in [-0.3, -0.25) is 0 Å². The molecule has 2 amide bonds. The Morgan fingerprint density at radius 2 is 2.14 bits per heavy atom. The second-order valence-electron chi connectivity index (χ2n) is 4.07. The second kappa shape index (κ2) is 4.64. The van der Waals surface area contributed by atoms with Crippen molar-refractivity contribution in [3.8, 4) is 0 Å². The molecule has 1 aliphatic heterocycles. The molecular formula is C10H21N3O. The normalized spacial score (nSPS) is 23.7. The molecule has 0 spiro atoms. The topological polar surface area (TPSA) is 26.8 Å². The molecule has 0 saturated carbocycles. The third-order valence-electron chi connectivity index (χ3n) is 3.03. The Morgan fingerprint density at radius 1 is 1.50 bits per heavy atom. The van der Waals surface area contributed by atoms with E-state index in [0.29, 0.717) is 6.04 Å². The first kappa shape index (κ1) is 11.3. The van der Waals surface area contributed by atoms with Gasteiger partial charge < -0.3 is 14.7 Å². The van der Waals surface area contributed by atoms with E-state index in [-0.39, 0.29) is 6.03 Å². The number of hydrogen-bond acceptors (Lipinski definition) is 2. The van der Waals surface area contributed by atoms with Gasteiger partial charge in [0.25, 0.3) is 0 Å². The van der Waals surface area contributed by atoms with E-state index in [4.69, 9.17) is 0 Å². The Morgan fingerprint density at radius 3 is 2.64 bits per heavy atom. The molecule has 1 rings (SSSR count). The number of carbonyl (C=O) groups excluding carboxylic acids is 1. The van der Waals surface area contributed by atoms with E-state index in [1.807, 2.05) is 18.9 Å². The zero-order valence-electron chi connectivity index (χ0n) is 9.66. The van der Waals surface area contributed by atoms with Crippen molar-refractivity contribution >= 4 is 6.03 Å². The highest BCUT2D eigenvalue weighted by atomic mass is 16.2. The Hall–Kier alpha value is -0.770. The average Bonchev–Trinajstić information content (AvgIpc) is 2.20. The molecule has 0 aromatic carbocycles. The number of hydrogen-bond donors (Lipinski definition) is 0. The van der Waals surface area contributed by atoms with Crippen molar-refractivity contribution in [3.05, 3.63) is 0 Å². The minimum absolute atomic E-state index is 0.160. The predicted octanol–water partition coefficient (Wildman–Crippen LogP) is 0.694. The van der Waals surface area contributed by atoms with Crippen LogP contribution >= 0.6 is 0 Å². The summed E-state index contributed by atoms with van der Waals surface area (Å²) in [6, 6.07) is 0.630. The summed E-state index contributed by atoms with van der Waals surface area (Å²) in [5, 5.41) is 0. The average molecular weight is 199 g/mol. The Labute approximate surface area is 86.5 Å². The second-order valence-corrected chi connectivity index (χ2v) is 4.07. The molecule has 1 heterocycles. The third kappa shape index (κ3) is 2.38. The zero-order valence-corrected chi connectivity index (χ0v) is 9.66. The van der Waals surface area contributed by atoms with Crippen LogP contribution in [0.1, 0.15) is 13.8 Å². The number of rotatable bonds is 1. The molecule has 0 aromatic heterocycles. The molecule has 0 N–H and O–H groups in total. The van der Waals surface area contributed by atoms with Crippen molar-refractivity contribution in [2.75, 3.05) is 40.3 Å². The first-order chi connectivity index (χ1) is 6.56. The summed E-state index contributed by atoms with van der Waals surface area (Å²) >= 11 is 0. The zero-order chi connectivity index (χ0) is 10.7. The SMILES string of the molecule is CCN(C)C(=O)N1CCN(C)C(C)C1. The van der Waals surface area contributed by atoms with Gasteiger partial charge in [-0.2, -0.15) is 0 Å². The van der Waals surface area contributed by atoms with Crippen LogP contribution in [0.3, 0.4) is 0 Å². The summed E-state index contributed by atoms with van der Waals surface area (Å²) in [4.78, 5) is 17.8. The Bertz CT molecular complexity index is 208. The minimum Gasteiger partial charge on any atom is -0.328 e. The van der Waals surface area contributed by atoms with Crippen LogP contribution in [0.25, 0.3) is 0 Å². The maximum absolute atomic E-state index is 11.8. The molecule has 1 fully saturated rings. The van der Waals surface area contributed by atoms with Gasteiger partial charge in [0, 0.05) is 39.3 Å². The van der Waals surface area contributed by atoms with Crippen LogP contribution in [0, 0.1) is 0 Å². The van der Waals surface area contributed by atoms with Crippen molar-refractivity contribution in [2.24, 2.45) is 0 Å². The first-order valence-corrected chi connectivity index (χ1v) is 5.26. The standard InChI is InChI=1S/C10H21N3O/c1-5-11(3)10(14)13-7-6-12(4)9(2)8-13/h9H,5-8H2,1-4H3. The summed E-state index contributed by atoms with van der Waals surface area (Å²) in [5.41, 5.74) is 0. The molecular weight excluding hydrogens is 178 g/mol. The van der Waals surface area contributed by atoms with Crippen LogP contribution in [0.4, 0.5) is 4.79 Å². The molecule has 0 aromatic rings. The summed E-state index contributed by atoms with van der Waals surface area (Å²) in [6.45, 7) is 7.61. The van der Waals surface area contributed by atoms with E-state index in [0.717, 1.165) is 26.2 Å². The smallest absolute Gasteiger partial charge is 0.319 e. The van der Waals surface area contributed by atoms with Crippen molar-refractivity contribution in [1.29, 1.82) is 0 Å². The van der Waals surface area contributed by atoms with Gasteiger partial charge in [0.1, 0.15) is 0 Å². The summed E-state index contributed by atoms with van der Waals surface area (Å²) in [5.74, 6) is 0. The monoisotopic (exact) mass is 199 g/mol. The fourth-order valence-corrected chi connectivity index (χ4v) is 1.60. The molecule has 1 saturated heterocycles. The van der Waals surface area contributed by atoms with Crippen molar-refractivity contribution < 1.29 is 4.79 Å². The van der Waals surface area contributed by atoms with E-state index < -0.39 is 0 Å². The lowest BCUT2D eigenvalue weighted by Gasteiger charge is -2.39. The van der Waals surface area contributed by atoms with Crippen molar-refractivity contribution in [2.45, 2.75) is 19.9 Å². The molecule has 14 heavy (non-hydrogen) atoms. The van der Waals surface area contributed by atoms with Crippen molar-refractivity contribution in [1.82, 2.24) is 14.7 Å². The van der Waals surface area contributed by atoms with E-state index in [9.17, 15) is 4.79 Å². The molecule has 4 heteroatoms. The van der Waals surface area contributed by atoms with Crippen molar-refractivity contribution in [3.63, 3.8) is 0 Å². The fourth-order valence-electron chi connectivity index (χ4n) is 1.60. The lowest BCUT2D eigenvalue weighted by Crippen LogP contribution is -2.54. The number of carbonyl (C=O) groups is 1. The highest BCUT2D eigenvalue weighted by Gasteiger charge is 2.25. The van der Waals surface area contributed by atoms with Crippen LogP contribution in [0.2, 0.25) is 0 Å². The molecule has 1 atom stereocenters. The molecule has 0 bridgehead atoms. The summed E-state index contributed by atoms with van der Waals surface area (Å²) in [6.07, 6.45) is 0. The van der Waals surface area contributed by atoms with E-state index >= 15 is 0 Å². The van der Waals surface area contributed by atoms with Gasteiger partial charge >= 0.3 is 6.03 Å². The number of likely N-dealkylation sites (N-methyl/N-ethyl adjacent to an activating group) is 1. The maximum Gasteiger partial charge on any atom is 0.319 e. The fraction of sp³-hybridized carbons (Fsp3) is 0.900. The van der Waals surface area contributed by atoms with Crippen LogP contribution in [-0.4, -0.2) is 67.0 Å². The first-order valence-electron chi connectivity index (χ1n) is 5.26. The molecule has 4 nitrogen and oxygen atoms in total. The van der Waals surface area contributed by atoms with E-state index in [2.05, 4.69) is 18.9 Å². The van der Waals surface area contributed by atoms with E-state index in [1.165, 1.54) is 0 Å². The Balaban J connectivity index is 2.50. The highest BCUT2D eigenvalue weighted by molar-refractivity contribution is 5.74. The van der Waals surface area contributed by atoms with Crippen LogP contribution < -0.4 is 0 Å². The van der Waals surface area contributed by atoms with Gasteiger partial charge in [0.2, 0.25) is 0 Å². The quantitative estimate of drug-likeness (QED) is 0.621. The van der Waals surface area contributed by atoms with Crippen LogP contribution in [0.5, 0.6) is 0 Å². The molecule has 1 aliphatic rings. The lowest BCUT2D eigenvalue weighted by atomic mass is 10.2. The molecule has 82 valence electrons. The predicted molar refractivity (Wildman–Crippen MR) is 57.4 cm³/mol. The molecule has 1 unspecified atom stereocenters.